The summed E-state index contributed by atoms with van der Waals surface area (Å²) in [6.07, 6.45) is 2.39. The van der Waals surface area contributed by atoms with Crippen LogP contribution in [0.4, 0.5) is 5.82 Å². The molecule has 2 rings (SSSR count). The number of nitrogens with zero attached hydrogens (tertiary/aromatic N) is 4. The Morgan fingerprint density at radius 3 is 2.95 bits per heavy atom. The van der Waals surface area contributed by atoms with Gasteiger partial charge < -0.3 is 14.5 Å². The van der Waals surface area contributed by atoms with Gasteiger partial charge in [0, 0.05) is 32.3 Å². The highest BCUT2D eigenvalue weighted by Crippen LogP contribution is 2.26. The molecule has 1 aromatic rings. The molecule has 1 unspecified atom stereocenters. The molecule has 0 aromatic carbocycles. The Bertz CT molecular complexity index is 427. The summed E-state index contributed by atoms with van der Waals surface area (Å²) in [6.45, 7) is 2.44. The minimum atomic E-state index is 0.389. The molecule has 1 aliphatic rings. The summed E-state index contributed by atoms with van der Waals surface area (Å²) < 4.78 is 5.08. The van der Waals surface area contributed by atoms with Gasteiger partial charge in [0.25, 0.3) is 0 Å². The molecule has 5 nitrogen and oxygen atoms in total. The van der Waals surface area contributed by atoms with Gasteiger partial charge in [0.15, 0.2) is 5.82 Å². The van der Waals surface area contributed by atoms with Crippen LogP contribution >= 0.6 is 11.6 Å². The zero-order valence-corrected chi connectivity index (χ0v) is 12.5. The second kappa shape index (κ2) is 6.50. The average Bonchev–Trinajstić information content (AvgIpc) is 2.75. The molecule has 1 aliphatic heterocycles. The summed E-state index contributed by atoms with van der Waals surface area (Å²) in [5, 5.41) is 0.479. The Hall–Kier alpha value is -0.910. The van der Waals surface area contributed by atoms with E-state index in [1.807, 2.05) is 6.07 Å². The van der Waals surface area contributed by atoms with E-state index in [0.717, 1.165) is 18.9 Å². The van der Waals surface area contributed by atoms with E-state index in [0.29, 0.717) is 23.6 Å². The topological polar surface area (TPSA) is 41.5 Å². The summed E-state index contributed by atoms with van der Waals surface area (Å²) in [4.78, 5) is 13.3. The molecule has 19 heavy (non-hydrogen) atoms. The van der Waals surface area contributed by atoms with Crippen LogP contribution in [0, 0.1) is 0 Å². The van der Waals surface area contributed by atoms with Crippen molar-refractivity contribution in [2.24, 2.45) is 0 Å². The van der Waals surface area contributed by atoms with Gasteiger partial charge in [0.05, 0.1) is 0 Å². The summed E-state index contributed by atoms with van der Waals surface area (Å²) in [7, 11) is 5.83. The van der Waals surface area contributed by atoms with Crippen molar-refractivity contribution in [1.82, 2.24) is 14.9 Å². The third-order valence-electron chi connectivity index (χ3n) is 3.25. The van der Waals surface area contributed by atoms with Gasteiger partial charge >= 0.3 is 0 Å². The number of aromatic nitrogens is 2. The van der Waals surface area contributed by atoms with Crippen LogP contribution in [0.2, 0.25) is 5.15 Å². The maximum absolute atomic E-state index is 6.07. The van der Waals surface area contributed by atoms with Gasteiger partial charge in [-0.05, 0) is 26.9 Å². The Morgan fingerprint density at radius 2 is 2.26 bits per heavy atom. The number of anilines is 1. The van der Waals surface area contributed by atoms with Crippen molar-refractivity contribution in [2.45, 2.75) is 25.5 Å². The van der Waals surface area contributed by atoms with Gasteiger partial charge in [0.1, 0.15) is 17.6 Å². The van der Waals surface area contributed by atoms with E-state index >= 15 is 0 Å². The van der Waals surface area contributed by atoms with Crippen LogP contribution in [0.1, 0.15) is 18.7 Å². The number of hydrogen-bond acceptors (Lipinski definition) is 5. The molecule has 0 bridgehead atoms. The van der Waals surface area contributed by atoms with E-state index in [1.54, 1.807) is 7.11 Å². The first-order valence-corrected chi connectivity index (χ1v) is 6.91. The molecular formula is C13H21ClN4O. The van der Waals surface area contributed by atoms with Crippen LogP contribution < -0.4 is 4.90 Å². The first-order valence-electron chi connectivity index (χ1n) is 6.54. The summed E-state index contributed by atoms with van der Waals surface area (Å²) in [5.41, 5.74) is 0. The largest absolute Gasteiger partial charge is 0.377 e. The van der Waals surface area contributed by atoms with Crippen LogP contribution in [-0.2, 0) is 11.3 Å². The molecule has 0 saturated carbocycles. The highest BCUT2D eigenvalue weighted by atomic mass is 35.5. The van der Waals surface area contributed by atoms with Crippen LogP contribution in [0.15, 0.2) is 6.07 Å². The molecule has 6 heteroatoms. The maximum atomic E-state index is 6.07. The van der Waals surface area contributed by atoms with Gasteiger partial charge in [-0.25, -0.2) is 9.97 Å². The van der Waals surface area contributed by atoms with Crippen LogP contribution in [0.5, 0.6) is 0 Å². The van der Waals surface area contributed by atoms with Gasteiger partial charge in [-0.15, -0.1) is 0 Å². The number of likely N-dealkylation sites (N-methyl/N-ethyl adjacent to an activating group) is 1. The Morgan fingerprint density at radius 1 is 1.47 bits per heavy atom. The van der Waals surface area contributed by atoms with E-state index < -0.39 is 0 Å². The molecule has 0 N–H and O–H groups in total. The third-order valence-corrected chi connectivity index (χ3v) is 3.44. The average molecular weight is 285 g/mol. The normalized spacial score (nSPS) is 19.4. The van der Waals surface area contributed by atoms with Gasteiger partial charge in [-0.2, -0.15) is 0 Å². The van der Waals surface area contributed by atoms with E-state index in [1.165, 1.54) is 12.8 Å². The standard InChI is InChI=1S/C13H21ClN4O/c1-17(2)8-10-5-4-6-18(10)13-7-11(14)15-12(16-13)9-19-3/h7,10H,4-6,8-9H2,1-3H3. The SMILES string of the molecule is COCc1nc(Cl)cc(N2CCCC2CN(C)C)n1. The monoisotopic (exact) mass is 284 g/mol. The van der Waals surface area contributed by atoms with Gasteiger partial charge in [-0.1, -0.05) is 11.6 Å². The minimum Gasteiger partial charge on any atom is -0.377 e. The molecule has 2 heterocycles. The predicted octanol–water partition coefficient (Wildman–Crippen LogP) is 1.81. The smallest absolute Gasteiger partial charge is 0.158 e. The van der Waals surface area contributed by atoms with Crippen molar-refractivity contribution in [2.75, 3.05) is 39.2 Å². The highest BCUT2D eigenvalue weighted by Gasteiger charge is 2.26. The number of ether oxygens (including phenoxy) is 1. The number of halogens is 1. The Balaban J connectivity index is 2.19. The van der Waals surface area contributed by atoms with E-state index in [-0.39, 0.29) is 0 Å². The number of hydrogen-bond donors (Lipinski definition) is 0. The molecule has 0 radical (unpaired) electrons. The lowest BCUT2D eigenvalue weighted by molar-refractivity contribution is 0.178. The summed E-state index contributed by atoms with van der Waals surface area (Å²) in [6, 6.07) is 2.34. The molecule has 0 aliphatic carbocycles. The van der Waals surface area contributed by atoms with Crippen molar-refractivity contribution in [1.29, 1.82) is 0 Å². The van der Waals surface area contributed by atoms with Crippen LogP contribution in [-0.4, -0.2) is 55.2 Å². The first-order chi connectivity index (χ1) is 9.10. The van der Waals surface area contributed by atoms with Crippen molar-refractivity contribution in [3.63, 3.8) is 0 Å². The zero-order valence-electron chi connectivity index (χ0n) is 11.8. The van der Waals surface area contributed by atoms with Gasteiger partial charge in [-0.3, -0.25) is 0 Å². The lowest BCUT2D eigenvalue weighted by Crippen LogP contribution is -2.38. The molecular weight excluding hydrogens is 264 g/mol. The molecule has 1 saturated heterocycles. The van der Waals surface area contributed by atoms with Crippen molar-refractivity contribution >= 4 is 17.4 Å². The summed E-state index contributed by atoms with van der Waals surface area (Å²) >= 11 is 6.07. The minimum absolute atomic E-state index is 0.389. The lowest BCUT2D eigenvalue weighted by atomic mass is 10.2. The molecule has 0 spiro atoms. The molecule has 1 atom stereocenters. The Labute approximate surface area is 119 Å². The van der Waals surface area contributed by atoms with E-state index in [2.05, 4.69) is 33.9 Å². The molecule has 1 fully saturated rings. The fraction of sp³-hybridized carbons (Fsp3) is 0.692. The second-order valence-corrected chi connectivity index (χ2v) is 5.54. The van der Waals surface area contributed by atoms with Crippen LogP contribution in [0.3, 0.4) is 0 Å². The molecule has 0 amide bonds. The van der Waals surface area contributed by atoms with Crippen molar-refractivity contribution in [3.05, 3.63) is 17.0 Å². The quantitative estimate of drug-likeness (QED) is 0.772. The van der Waals surface area contributed by atoms with Crippen LogP contribution in [0.25, 0.3) is 0 Å². The maximum Gasteiger partial charge on any atom is 0.158 e. The molecule has 1 aromatic heterocycles. The Kier molecular flexibility index (Phi) is 4.96. The van der Waals surface area contributed by atoms with E-state index in [9.17, 15) is 0 Å². The highest BCUT2D eigenvalue weighted by molar-refractivity contribution is 6.29. The fourth-order valence-corrected chi connectivity index (χ4v) is 2.74. The number of rotatable bonds is 5. The van der Waals surface area contributed by atoms with Crippen molar-refractivity contribution in [3.8, 4) is 0 Å². The third kappa shape index (κ3) is 3.78. The van der Waals surface area contributed by atoms with E-state index in [4.69, 9.17) is 16.3 Å². The molecule has 106 valence electrons. The fourth-order valence-electron chi connectivity index (χ4n) is 2.54. The first kappa shape index (κ1) is 14.5. The lowest BCUT2D eigenvalue weighted by Gasteiger charge is -2.28. The number of methoxy groups -OCH3 is 1. The summed E-state index contributed by atoms with van der Waals surface area (Å²) in [5.74, 6) is 1.55. The van der Waals surface area contributed by atoms with Gasteiger partial charge in [0.2, 0.25) is 0 Å². The predicted molar refractivity (Wildman–Crippen MR) is 76.7 cm³/mol. The second-order valence-electron chi connectivity index (χ2n) is 5.15. The van der Waals surface area contributed by atoms with Crippen molar-refractivity contribution < 1.29 is 4.74 Å². The zero-order chi connectivity index (χ0) is 13.8.